The van der Waals surface area contributed by atoms with Gasteiger partial charge in [-0.25, -0.2) is 0 Å². The Morgan fingerprint density at radius 3 is 3.56 bits per heavy atom. The maximum atomic E-state index is 5.27. The van der Waals surface area contributed by atoms with Crippen molar-refractivity contribution in [2.45, 2.75) is 12.5 Å². The highest BCUT2D eigenvalue weighted by atomic mass is 16.5. The first-order chi connectivity index (χ1) is 4.47. The molecule has 0 aromatic rings. The van der Waals surface area contributed by atoms with E-state index in [2.05, 4.69) is 5.32 Å². The molecule has 2 aliphatic heterocycles. The number of hydrogen-bond donors (Lipinski definition) is 0. The Balaban J connectivity index is 2.23. The maximum Gasteiger partial charge on any atom is 0.121 e. The minimum atomic E-state index is 0.343. The molecular formula is C7H8NO. The molecule has 9 heavy (non-hydrogen) atoms. The van der Waals surface area contributed by atoms with Crippen molar-refractivity contribution in [3.05, 3.63) is 24.1 Å². The monoisotopic (exact) mass is 122 g/mol. The highest BCUT2D eigenvalue weighted by molar-refractivity contribution is 5.19. The third-order valence-electron chi connectivity index (χ3n) is 1.60. The second-order valence-corrected chi connectivity index (χ2v) is 2.21. The summed E-state index contributed by atoms with van der Waals surface area (Å²) in [6.07, 6.45) is 6.79. The summed E-state index contributed by atoms with van der Waals surface area (Å²) in [7, 11) is 0. The average molecular weight is 122 g/mol. The van der Waals surface area contributed by atoms with Crippen molar-refractivity contribution < 1.29 is 4.74 Å². The Morgan fingerprint density at radius 2 is 2.67 bits per heavy atom. The van der Waals surface area contributed by atoms with E-state index in [0.717, 1.165) is 18.8 Å². The van der Waals surface area contributed by atoms with Gasteiger partial charge in [0.2, 0.25) is 0 Å². The zero-order chi connectivity index (χ0) is 6.10. The normalized spacial score (nSPS) is 30.2. The summed E-state index contributed by atoms with van der Waals surface area (Å²) in [4.78, 5) is 0. The Morgan fingerprint density at radius 1 is 1.67 bits per heavy atom. The van der Waals surface area contributed by atoms with Crippen LogP contribution in [0.5, 0.6) is 0 Å². The van der Waals surface area contributed by atoms with Crippen molar-refractivity contribution in [2.24, 2.45) is 0 Å². The van der Waals surface area contributed by atoms with Crippen molar-refractivity contribution in [2.75, 3.05) is 6.61 Å². The molecule has 1 unspecified atom stereocenters. The van der Waals surface area contributed by atoms with Crippen LogP contribution in [-0.2, 0) is 4.74 Å². The molecule has 2 heteroatoms. The number of nitrogens with zero attached hydrogens (tertiary/aromatic N) is 1. The molecule has 0 amide bonds. The molecule has 1 atom stereocenters. The molecule has 0 spiro atoms. The summed E-state index contributed by atoms with van der Waals surface area (Å²) in [6.45, 7) is 0.835. The van der Waals surface area contributed by atoms with Crippen LogP contribution in [0.3, 0.4) is 0 Å². The van der Waals surface area contributed by atoms with E-state index in [-0.39, 0.29) is 0 Å². The van der Waals surface area contributed by atoms with Crippen molar-refractivity contribution >= 4 is 0 Å². The SMILES string of the molecule is C1=C[N]C2CCOC2=C1. The fourth-order valence-corrected chi connectivity index (χ4v) is 1.13. The van der Waals surface area contributed by atoms with E-state index in [0.29, 0.717) is 6.04 Å². The molecule has 47 valence electrons. The second kappa shape index (κ2) is 1.79. The average Bonchev–Trinajstić information content (AvgIpc) is 2.33. The molecule has 2 rings (SSSR count). The lowest BCUT2D eigenvalue weighted by atomic mass is 10.2. The molecule has 0 bridgehead atoms. The molecule has 0 N–H and O–H groups in total. The van der Waals surface area contributed by atoms with E-state index in [1.54, 1.807) is 0 Å². The van der Waals surface area contributed by atoms with E-state index in [1.165, 1.54) is 0 Å². The van der Waals surface area contributed by atoms with E-state index >= 15 is 0 Å². The van der Waals surface area contributed by atoms with Crippen LogP contribution in [-0.4, -0.2) is 12.6 Å². The van der Waals surface area contributed by atoms with Crippen LogP contribution >= 0.6 is 0 Å². The fourth-order valence-electron chi connectivity index (χ4n) is 1.13. The van der Waals surface area contributed by atoms with E-state index in [1.807, 2.05) is 18.4 Å². The summed E-state index contributed by atoms with van der Waals surface area (Å²) in [5, 5.41) is 4.22. The van der Waals surface area contributed by atoms with Crippen LogP contribution in [0, 0.1) is 0 Å². The number of fused-ring (bicyclic) bond motifs is 1. The molecule has 0 aromatic carbocycles. The molecule has 0 aromatic heterocycles. The lowest BCUT2D eigenvalue weighted by Crippen LogP contribution is -2.17. The van der Waals surface area contributed by atoms with Crippen LogP contribution in [0.1, 0.15) is 6.42 Å². The standard InChI is InChI=1S/C7H8NO/c1-2-7-6(8-4-1)3-5-9-7/h1-2,4,6H,3,5H2. The van der Waals surface area contributed by atoms with Crippen molar-refractivity contribution in [1.29, 1.82) is 0 Å². The van der Waals surface area contributed by atoms with Gasteiger partial charge in [-0.1, -0.05) is 0 Å². The number of hydrogen-bond acceptors (Lipinski definition) is 1. The number of ether oxygens (including phenoxy) is 1. The highest BCUT2D eigenvalue weighted by Gasteiger charge is 2.23. The van der Waals surface area contributed by atoms with E-state index in [4.69, 9.17) is 4.74 Å². The molecule has 1 fully saturated rings. The van der Waals surface area contributed by atoms with Gasteiger partial charge in [-0.2, -0.15) is 0 Å². The second-order valence-electron chi connectivity index (χ2n) is 2.21. The van der Waals surface area contributed by atoms with Crippen LogP contribution in [0.25, 0.3) is 0 Å². The molecule has 2 nitrogen and oxygen atoms in total. The van der Waals surface area contributed by atoms with Gasteiger partial charge in [-0.15, -0.1) is 0 Å². The summed E-state index contributed by atoms with van der Waals surface area (Å²) in [6, 6.07) is 0.343. The smallest absolute Gasteiger partial charge is 0.121 e. The van der Waals surface area contributed by atoms with Gasteiger partial charge in [0.05, 0.1) is 6.61 Å². The molecule has 1 radical (unpaired) electrons. The van der Waals surface area contributed by atoms with Crippen molar-refractivity contribution in [3.63, 3.8) is 0 Å². The predicted molar refractivity (Wildman–Crippen MR) is 33.7 cm³/mol. The fraction of sp³-hybridized carbons (Fsp3) is 0.429. The molecule has 2 aliphatic rings. The first-order valence-electron chi connectivity index (χ1n) is 3.16. The predicted octanol–water partition coefficient (Wildman–Crippen LogP) is 0.791. The lowest BCUT2D eigenvalue weighted by molar-refractivity contribution is 0.260. The first kappa shape index (κ1) is 4.91. The van der Waals surface area contributed by atoms with Gasteiger partial charge in [0.25, 0.3) is 0 Å². The van der Waals surface area contributed by atoms with Crippen molar-refractivity contribution in [1.82, 2.24) is 5.32 Å². The zero-order valence-electron chi connectivity index (χ0n) is 5.08. The van der Waals surface area contributed by atoms with Gasteiger partial charge in [-0.05, 0) is 12.2 Å². The Hall–Kier alpha value is -0.920. The Bertz CT molecular complexity index is 172. The summed E-state index contributed by atoms with van der Waals surface area (Å²) >= 11 is 0. The minimum Gasteiger partial charge on any atom is -0.496 e. The van der Waals surface area contributed by atoms with E-state index < -0.39 is 0 Å². The minimum absolute atomic E-state index is 0.343. The quantitative estimate of drug-likeness (QED) is 0.466. The van der Waals surface area contributed by atoms with Crippen LogP contribution in [0.2, 0.25) is 0 Å². The van der Waals surface area contributed by atoms with Gasteiger partial charge in [0, 0.05) is 12.6 Å². The molecule has 0 saturated carbocycles. The van der Waals surface area contributed by atoms with E-state index in [9.17, 15) is 0 Å². The lowest BCUT2D eigenvalue weighted by Gasteiger charge is -2.09. The Kier molecular flexibility index (Phi) is 0.979. The van der Waals surface area contributed by atoms with Gasteiger partial charge < -0.3 is 4.74 Å². The van der Waals surface area contributed by atoms with Gasteiger partial charge in [0.1, 0.15) is 11.8 Å². The number of allylic oxidation sites excluding steroid dienone is 2. The Labute approximate surface area is 54.2 Å². The third-order valence-corrected chi connectivity index (χ3v) is 1.60. The summed E-state index contributed by atoms with van der Waals surface area (Å²) in [5.41, 5.74) is 0. The van der Waals surface area contributed by atoms with Crippen LogP contribution in [0.4, 0.5) is 0 Å². The molecule has 1 saturated heterocycles. The summed E-state index contributed by atoms with van der Waals surface area (Å²) < 4.78 is 5.27. The van der Waals surface area contributed by atoms with Crippen molar-refractivity contribution in [3.8, 4) is 0 Å². The number of rotatable bonds is 0. The zero-order valence-corrected chi connectivity index (χ0v) is 5.08. The molecular weight excluding hydrogens is 114 g/mol. The van der Waals surface area contributed by atoms with Crippen LogP contribution in [0.15, 0.2) is 24.1 Å². The largest absolute Gasteiger partial charge is 0.496 e. The van der Waals surface area contributed by atoms with Gasteiger partial charge >= 0.3 is 0 Å². The topological polar surface area (TPSA) is 23.3 Å². The highest BCUT2D eigenvalue weighted by Crippen LogP contribution is 2.20. The van der Waals surface area contributed by atoms with Gasteiger partial charge in [0.15, 0.2) is 0 Å². The van der Waals surface area contributed by atoms with Crippen LogP contribution < -0.4 is 5.32 Å². The third kappa shape index (κ3) is 0.707. The maximum absolute atomic E-state index is 5.27. The molecule has 2 heterocycles. The molecule has 0 aliphatic carbocycles. The first-order valence-corrected chi connectivity index (χ1v) is 3.16. The summed E-state index contributed by atoms with van der Waals surface area (Å²) in [5.74, 6) is 1.04. The van der Waals surface area contributed by atoms with Gasteiger partial charge in [-0.3, -0.25) is 5.32 Å².